The molecule has 35 heavy (non-hydrogen) atoms. The van der Waals surface area contributed by atoms with E-state index in [4.69, 9.17) is 0 Å². The van der Waals surface area contributed by atoms with Gasteiger partial charge in [0.25, 0.3) is 0 Å². The summed E-state index contributed by atoms with van der Waals surface area (Å²) in [6.07, 6.45) is 7.18. The first-order valence-electron chi connectivity index (χ1n) is 13.8. The number of carbonyl (C=O) groups is 1. The summed E-state index contributed by atoms with van der Waals surface area (Å²) in [5.74, 6) is 1.44. The molecular formula is C27H47NO6S. The first kappa shape index (κ1) is 27.3. The minimum Gasteiger partial charge on any atom is -0.393 e. The molecule has 0 heterocycles. The maximum Gasteiger partial charge on any atom is 0.220 e. The highest BCUT2D eigenvalue weighted by Crippen LogP contribution is 2.68. The van der Waals surface area contributed by atoms with E-state index in [-0.39, 0.29) is 70.8 Å². The Morgan fingerprint density at radius 2 is 1.77 bits per heavy atom. The molecule has 4 aliphatic carbocycles. The van der Waals surface area contributed by atoms with E-state index >= 15 is 0 Å². The van der Waals surface area contributed by atoms with Crippen molar-refractivity contribution < 1.29 is 28.5 Å². The number of rotatable bonds is 7. The van der Waals surface area contributed by atoms with Crippen LogP contribution in [0.1, 0.15) is 78.6 Å². The number of amides is 1. The molecule has 7 nitrogen and oxygen atoms in total. The predicted molar refractivity (Wildman–Crippen MR) is 135 cm³/mol. The van der Waals surface area contributed by atoms with Gasteiger partial charge in [0.15, 0.2) is 0 Å². The smallest absolute Gasteiger partial charge is 0.220 e. The van der Waals surface area contributed by atoms with Crippen LogP contribution in [0.3, 0.4) is 0 Å². The van der Waals surface area contributed by atoms with Crippen molar-refractivity contribution in [2.75, 3.05) is 18.6 Å². The van der Waals surface area contributed by atoms with E-state index < -0.39 is 15.9 Å². The Hall–Kier alpha value is -0.700. The van der Waals surface area contributed by atoms with Crippen LogP contribution in [0.2, 0.25) is 0 Å². The zero-order valence-electron chi connectivity index (χ0n) is 21.9. The molecule has 4 aliphatic rings. The van der Waals surface area contributed by atoms with Gasteiger partial charge in [0.2, 0.25) is 5.91 Å². The largest absolute Gasteiger partial charge is 0.393 e. The molecule has 0 aliphatic heterocycles. The van der Waals surface area contributed by atoms with Gasteiger partial charge in [0, 0.05) is 19.2 Å². The van der Waals surface area contributed by atoms with Crippen LogP contribution < -0.4 is 5.32 Å². The van der Waals surface area contributed by atoms with Crippen LogP contribution in [0.15, 0.2) is 0 Å². The third-order valence-electron chi connectivity index (χ3n) is 11.1. The van der Waals surface area contributed by atoms with Gasteiger partial charge in [-0.1, -0.05) is 20.8 Å². The molecular weight excluding hydrogens is 466 g/mol. The van der Waals surface area contributed by atoms with E-state index in [1.807, 2.05) is 0 Å². The molecule has 0 saturated heterocycles. The Morgan fingerprint density at radius 3 is 2.46 bits per heavy atom. The highest BCUT2D eigenvalue weighted by atomic mass is 32.2. The van der Waals surface area contributed by atoms with Gasteiger partial charge in [-0.2, -0.15) is 0 Å². The summed E-state index contributed by atoms with van der Waals surface area (Å²) >= 11 is 0. The van der Waals surface area contributed by atoms with E-state index in [1.165, 1.54) is 6.26 Å². The third kappa shape index (κ3) is 5.06. The van der Waals surface area contributed by atoms with Crippen LogP contribution >= 0.6 is 0 Å². The molecule has 4 rings (SSSR count). The zero-order valence-corrected chi connectivity index (χ0v) is 22.8. The number of fused-ring (bicyclic) bond motifs is 5. The van der Waals surface area contributed by atoms with Gasteiger partial charge in [-0.05, 0) is 97.7 Å². The molecule has 4 saturated carbocycles. The summed E-state index contributed by atoms with van der Waals surface area (Å²) in [6.45, 7) is 6.90. The molecule has 8 heteroatoms. The van der Waals surface area contributed by atoms with Gasteiger partial charge in [0.05, 0.1) is 24.1 Å². The summed E-state index contributed by atoms with van der Waals surface area (Å²) in [4.78, 5) is 12.3. The molecule has 0 aromatic rings. The first-order chi connectivity index (χ1) is 16.3. The maximum atomic E-state index is 12.3. The molecule has 4 N–H and O–H groups in total. The SMILES string of the molecule is C[C@H](CCC(=O)NCCS(C)(=O)=O)[C@H]1CC[C@H]2[C@@H]3[C@H](O)C[C@@H]4C[C@H](O)CC[C@]4(C)[C@H]3C[C@H](O)[C@]12C. The van der Waals surface area contributed by atoms with Crippen LogP contribution in [0.4, 0.5) is 0 Å². The summed E-state index contributed by atoms with van der Waals surface area (Å²) in [6, 6.07) is 0. The molecule has 0 bridgehead atoms. The molecule has 0 aromatic heterocycles. The molecule has 202 valence electrons. The number of aliphatic hydroxyl groups is 3. The quantitative estimate of drug-likeness (QED) is 0.415. The Labute approximate surface area is 211 Å². The topological polar surface area (TPSA) is 124 Å². The molecule has 4 fully saturated rings. The Bertz CT molecular complexity index is 894. The lowest BCUT2D eigenvalue weighted by atomic mass is 9.43. The summed E-state index contributed by atoms with van der Waals surface area (Å²) in [7, 11) is -3.10. The van der Waals surface area contributed by atoms with Gasteiger partial charge in [-0.15, -0.1) is 0 Å². The third-order valence-corrected chi connectivity index (χ3v) is 12.1. The van der Waals surface area contributed by atoms with Crippen molar-refractivity contribution in [2.24, 2.45) is 46.3 Å². The lowest BCUT2D eigenvalue weighted by Gasteiger charge is -2.63. The van der Waals surface area contributed by atoms with E-state index in [1.54, 1.807) is 0 Å². The Morgan fingerprint density at radius 1 is 1.06 bits per heavy atom. The monoisotopic (exact) mass is 513 g/mol. The van der Waals surface area contributed by atoms with Gasteiger partial charge < -0.3 is 20.6 Å². The summed E-state index contributed by atoms with van der Waals surface area (Å²) in [5, 5.41) is 36.0. The predicted octanol–water partition coefficient (Wildman–Crippen LogP) is 2.52. The van der Waals surface area contributed by atoms with Crippen molar-refractivity contribution in [1.29, 1.82) is 0 Å². The average molecular weight is 514 g/mol. The second kappa shape index (κ2) is 9.88. The Balaban J connectivity index is 1.43. The minimum absolute atomic E-state index is 0.0491. The summed E-state index contributed by atoms with van der Waals surface area (Å²) < 4.78 is 22.6. The lowest BCUT2D eigenvalue weighted by Crippen LogP contribution is -2.62. The van der Waals surface area contributed by atoms with Crippen molar-refractivity contribution in [1.82, 2.24) is 5.32 Å². The van der Waals surface area contributed by atoms with E-state index in [2.05, 4.69) is 26.1 Å². The number of sulfone groups is 1. The van der Waals surface area contributed by atoms with E-state index in [0.29, 0.717) is 25.2 Å². The molecule has 11 atom stereocenters. The number of hydrogen-bond acceptors (Lipinski definition) is 6. The normalized spacial score (nSPS) is 46.3. The first-order valence-corrected chi connectivity index (χ1v) is 15.8. The fourth-order valence-corrected chi connectivity index (χ4v) is 9.63. The minimum atomic E-state index is -3.10. The Kier molecular flexibility index (Phi) is 7.72. The van der Waals surface area contributed by atoms with Gasteiger partial charge in [-0.3, -0.25) is 4.79 Å². The van der Waals surface area contributed by atoms with Crippen LogP contribution in [0.25, 0.3) is 0 Å². The molecule has 0 spiro atoms. The molecule has 0 unspecified atom stereocenters. The fraction of sp³-hybridized carbons (Fsp3) is 0.963. The molecule has 1 amide bonds. The van der Waals surface area contributed by atoms with Crippen molar-refractivity contribution in [2.45, 2.75) is 96.9 Å². The second-order valence-electron chi connectivity index (χ2n) is 13.0. The number of aliphatic hydroxyl groups excluding tert-OH is 3. The van der Waals surface area contributed by atoms with Crippen molar-refractivity contribution in [3.8, 4) is 0 Å². The average Bonchev–Trinajstić information content (AvgIpc) is 3.12. The van der Waals surface area contributed by atoms with Crippen LogP contribution in [-0.4, -0.2) is 66.5 Å². The van der Waals surface area contributed by atoms with Crippen molar-refractivity contribution >= 4 is 15.7 Å². The number of carbonyl (C=O) groups excluding carboxylic acids is 1. The fourth-order valence-electron chi connectivity index (χ4n) is 9.16. The maximum absolute atomic E-state index is 12.3. The highest BCUT2D eigenvalue weighted by molar-refractivity contribution is 7.90. The van der Waals surface area contributed by atoms with Gasteiger partial charge in [0.1, 0.15) is 9.84 Å². The van der Waals surface area contributed by atoms with E-state index in [9.17, 15) is 28.5 Å². The van der Waals surface area contributed by atoms with Crippen LogP contribution in [-0.2, 0) is 14.6 Å². The van der Waals surface area contributed by atoms with Crippen LogP contribution in [0.5, 0.6) is 0 Å². The van der Waals surface area contributed by atoms with Gasteiger partial charge >= 0.3 is 0 Å². The van der Waals surface area contributed by atoms with Crippen molar-refractivity contribution in [3.63, 3.8) is 0 Å². The summed E-state index contributed by atoms with van der Waals surface area (Å²) in [5.41, 5.74) is -0.203. The second-order valence-corrected chi connectivity index (χ2v) is 15.3. The van der Waals surface area contributed by atoms with Crippen LogP contribution in [0, 0.1) is 46.3 Å². The lowest BCUT2D eigenvalue weighted by molar-refractivity contribution is -0.207. The molecule has 0 aromatic carbocycles. The van der Waals surface area contributed by atoms with Gasteiger partial charge in [-0.25, -0.2) is 8.42 Å². The highest BCUT2D eigenvalue weighted by Gasteiger charge is 2.65. The number of nitrogens with one attached hydrogen (secondary N) is 1. The van der Waals surface area contributed by atoms with E-state index in [0.717, 1.165) is 38.5 Å². The number of hydrogen-bond donors (Lipinski definition) is 4. The molecule has 0 radical (unpaired) electrons. The zero-order chi connectivity index (χ0) is 25.8. The standard InChI is InChI=1S/C27H47NO6S/c1-16(5-8-24(32)28-11-12-35(4,33)34)19-6-7-20-25-21(15-23(31)27(19,20)3)26(2)10-9-18(29)13-17(26)14-22(25)30/h16-23,25,29-31H,5-15H2,1-4H3,(H,28,32)/t16-,17+,18-,19-,20+,21+,22-,23+,25+,26+,27-/m1/s1. The van der Waals surface area contributed by atoms with Crippen molar-refractivity contribution in [3.05, 3.63) is 0 Å².